The van der Waals surface area contributed by atoms with Crippen molar-refractivity contribution in [2.75, 3.05) is 12.0 Å². The largest absolute Gasteiger partial charge is 0.350 e. The van der Waals surface area contributed by atoms with Crippen LogP contribution in [0, 0.1) is 0 Å². The average Bonchev–Trinajstić information content (AvgIpc) is 2.84. The second-order valence-corrected chi connectivity index (χ2v) is 3.96. The fourth-order valence-electron chi connectivity index (χ4n) is 1.53. The van der Waals surface area contributed by atoms with Crippen molar-refractivity contribution >= 4 is 11.7 Å². The van der Waals surface area contributed by atoms with E-state index in [0.717, 1.165) is 12.0 Å². The maximum atomic E-state index is 11.8. The minimum Gasteiger partial charge on any atom is -0.350 e. The highest BCUT2D eigenvalue weighted by Gasteiger charge is 2.07. The predicted octanol–water partition coefficient (Wildman–Crippen LogP) is -0.532. The number of carbonyl (C=O) groups excluding carboxylic acids is 1. The summed E-state index contributed by atoms with van der Waals surface area (Å²) in [6.45, 7) is 0.517. The molecule has 0 aliphatic rings. The van der Waals surface area contributed by atoms with Gasteiger partial charge in [0.2, 0.25) is 0 Å². The summed E-state index contributed by atoms with van der Waals surface area (Å²) >= 11 is 0. The van der Waals surface area contributed by atoms with Gasteiger partial charge in [-0.25, -0.2) is 15.8 Å². The minimum atomic E-state index is -0.264. The van der Waals surface area contributed by atoms with Crippen LogP contribution in [-0.2, 0) is 13.5 Å². The SMILES string of the molecule is Cn1cc(CCNC(=O)c2cnc(NN)cn2)cn1. The Bertz CT molecular complexity index is 548. The Morgan fingerprint density at radius 1 is 1.37 bits per heavy atom. The third-order valence-corrected chi connectivity index (χ3v) is 2.49. The van der Waals surface area contributed by atoms with E-state index >= 15 is 0 Å². The quantitative estimate of drug-likeness (QED) is 0.493. The highest BCUT2D eigenvalue weighted by molar-refractivity contribution is 5.91. The summed E-state index contributed by atoms with van der Waals surface area (Å²) in [5.74, 6) is 5.31. The molecular weight excluding hydrogens is 246 g/mol. The smallest absolute Gasteiger partial charge is 0.271 e. The van der Waals surface area contributed by atoms with Gasteiger partial charge in [-0.2, -0.15) is 5.10 Å². The summed E-state index contributed by atoms with van der Waals surface area (Å²) in [5, 5.41) is 6.82. The number of nitrogen functional groups attached to an aromatic ring is 1. The maximum Gasteiger partial charge on any atom is 0.271 e. The molecule has 2 rings (SSSR count). The fraction of sp³-hybridized carbons (Fsp3) is 0.273. The fourth-order valence-corrected chi connectivity index (χ4v) is 1.53. The molecular formula is C11H15N7O. The lowest BCUT2D eigenvalue weighted by atomic mass is 10.2. The summed E-state index contributed by atoms with van der Waals surface area (Å²) < 4.78 is 1.72. The second kappa shape index (κ2) is 5.91. The molecule has 0 radical (unpaired) electrons. The van der Waals surface area contributed by atoms with E-state index in [1.807, 2.05) is 13.2 Å². The highest BCUT2D eigenvalue weighted by atomic mass is 16.1. The Kier molecular flexibility index (Phi) is 4.04. The van der Waals surface area contributed by atoms with Gasteiger partial charge in [0.05, 0.1) is 18.6 Å². The summed E-state index contributed by atoms with van der Waals surface area (Å²) in [4.78, 5) is 19.6. The Labute approximate surface area is 110 Å². The van der Waals surface area contributed by atoms with E-state index in [4.69, 9.17) is 5.84 Å². The Morgan fingerprint density at radius 3 is 2.79 bits per heavy atom. The van der Waals surface area contributed by atoms with Crippen LogP contribution in [0.5, 0.6) is 0 Å². The predicted molar refractivity (Wildman–Crippen MR) is 69.1 cm³/mol. The Hall–Kier alpha value is -2.48. The molecule has 1 amide bonds. The molecule has 19 heavy (non-hydrogen) atoms. The van der Waals surface area contributed by atoms with Gasteiger partial charge in [-0.1, -0.05) is 0 Å². The molecule has 2 heterocycles. The molecule has 2 aromatic heterocycles. The number of aryl methyl sites for hydroxylation is 1. The van der Waals surface area contributed by atoms with Gasteiger partial charge in [0.25, 0.3) is 5.91 Å². The molecule has 0 aliphatic heterocycles. The van der Waals surface area contributed by atoms with Crippen molar-refractivity contribution in [3.05, 3.63) is 36.0 Å². The van der Waals surface area contributed by atoms with Gasteiger partial charge in [0, 0.05) is 19.8 Å². The number of nitrogens with one attached hydrogen (secondary N) is 2. The van der Waals surface area contributed by atoms with Crippen LogP contribution >= 0.6 is 0 Å². The van der Waals surface area contributed by atoms with Crippen LogP contribution in [0.4, 0.5) is 5.82 Å². The molecule has 0 fully saturated rings. The number of anilines is 1. The summed E-state index contributed by atoms with van der Waals surface area (Å²) in [6.07, 6.45) is 7.17. The van der Waals surface area contributed by atoms with E-state index in [1.165, 1.54) is 12.4 Å². The molecule has 0 spiro atoms. The highest BCUT2D eigenvalue weighted by Crippen LogP contribution is 1.99. The first-order chi connectivity index (χ1) is 9.19. The number of carbonyl (C=O) groups is 1. The van der Waals surface area contributed by atoms with Crippen LogP contribution in [-0.4, -0.2) is 32.2 Å². The number of hydrogen-bond acceptors (Lipinski definition) is 6. The molecule has 8 heteroatoms. The molecule has 4 N–H and O–H groups in total. The molecule has 0 saturated heterocycles. The number of nitrogens with zero attached hydrogens (tertiary/aromatic N) is 4. The first-order valence-electron chi connectivity index (χ1n) is 5.73. The van der Waals surface area contributed by atoms with Gasteiger partial charge < -0.3 is 10.7 Å². The Balaban J connectivity index is 1.83. The van der Waals surface area contributed by atoms with Crippen LogP contribution in [0.15, 0.2) is 24.8 Å². The van der Waals surface area contributed by atoms with Crippen molar-refractivity contribution in [1.82, 2.24) is 25.1 Å². The second-order valence-electron chi connectivity index (χ2n) is 3.96. The molecule has 0 bridgehead atoms. The van der Waals surface area contributed by atoms with Crippen molar-refractivity contribution < 1.29 is 4.79 Å². The summed E-state index contributed by atoms with van der Waals surface area (Å²) in [5.41, 5.74) is 3.67. The third-order valence-electron chi connectivity index (χ3n) is 2.49. The molecule has 0 aromatic carbocycles. The van der Waals surface area contributed by atoms with Gasteiger partial charge >= 0.3 is 0 Å². The lowest BCUT2D eigenvalue weighted by Gasteiger charge is -2.04. The zero-order chi connectivity index (χ0) is 13.7. The average molecular weight is 261 g/mol. The van der Waals surface area contributed by atoms with Crippen LogP contribution in [0.25, 0.3) is 0 Å². The molecule has 0 atom stereocenters. The number of amides is 1. The molecule has 2 aromatic rings. The molecule has 0 unspecified atom stereocenters. The third kappa shape index (κ3) is 3.49. The first kappa shape index (κ1) is 13.0. The normalized spacial score (nSPS) is 10.2. The van der Waals surface area contributed by atoms with E-state index in [-0.39, 0.29) is 11.6 Å². The van der Waals surface area contributed by atoms with Crippen LogP contribution in [0.1, 0.15) is 16.1 Å². The van der Waals surface area contributed by atoms with Gasteiger partial charge in [-0.3, -0.25) is 9.48 Å². The van der Waals surface area contributed by atoms with E-state index in [2.05, 4.69) is 25.8 Å². The van der Waals surface area contributed by atoms with Crippen molar-refractivity contribution in [3.63, 3.8) is 0 Å². The molecule has 0 aliphatic carbocycles. The molecule has 8 nitrogen and oxygen atoms in total. The van der Waals surface area contributed by atoms with Crippen LogP contribution < -0.4 is 16.6 Å². The van der Waals surface area contributed by atoms with Crippen molar-refractivity contribution in [1.29, 1.82) is 0 Å². The van der Waals surface area contributed by atoms with Crippen molar-refractivity contribution in [2.45, 2.75) is 6.42 Å². The van der Waals surface area contributed by atoms with Gasteiger partial charge in [-0.05, 0) is 12.0 Å². The topological polar surface area (TPSA) is 111 Å². The van der Waals surface area contributed by atoms with Crippen LogP contribution in [0.2, 0.25) is 0 Å². The first-order valence-corrected chi connectivity index (χ1v) is 5.73. The van der Waals surface area contributed by atoms with E-state index in [0.29, 0.717) is 12.4 Å². The van der Waals surface area contributed by atoms with Crippen molar-refractivity contribution in [2.24, 2.45) is 12.9 Å². The van der Waals surface area contributed by atoms with E-state index in [9.17, 15) is 4.79 Å². The molecule has 0 saturated carbocycles. The molecule has 100 valence electrons. The zero-order valence-electron chi connectivity index (χ0n) is 10.5. The minimum absolute atomic E-state index is 0.255. The van der Waals surface area contributed by atoms with Gasteiger partial charge in [0.15, 0.2) is 5.82 Å². The summed E-state index contributed by atoms with van der Waals surface area (Å²) in [6, 6.07) is 0. The lowest BCUT2D eigenvalue weighted by Crippen LogP contribution is -2.26. The monoisotopic (exact) mass is 261 g/mol. The van der Waals surface area contributed by atoms with Crippen molar-refractivity contribution in [3.8, 4) is 0 Å². The van der Waals surface area contributed by atoms with Gasteiger partial charge in [0.1, 0.15) is 5.69 Å². The van der Waals surface area contributed by atoms with Gasteiger partial charge in [-0.15, -0.1) is 0 Å². The number of hydrazine groups is 1. The number of nitrogens with two attached hydrogens (primary N) is 1. The number of rotatable bonds is 5. The van der Waals surface area contributed by atoms with E-state index < -0.39 is 0 Å². The number of hydrogen-bond donors (Lipinski definition) is 3. The Morgan fingerprint density at radius 2 is 2.21 bits per heavy atom. The lowest BCUT2D eigenvalue weighted by molar-refractivity contribution is 0.0949. The standard InChI is InChI=1S/C11H15N7O/c1-18-7-8(4-16-18)2-3-13-11(19)9-5-15-10(17-12)6-14-9/h4-7H,2-3,12H2,1H3,(H,13,19)(H,15,17). The zero-order valence-corrected chi connectivity index (χ0v) is 10.5. The summed E-state index contributed by atoms with van der Waals surface area (Å²) in [7, 11) is 1.85. The number of aromatic nitrogens is 4. The van der Waals surface area contributed by atoms with Crippen LogP contribution in [0.3, 0.4) is 0 Å². The maximum absolute atomic E-state index is 11.8. The van der Waals surface area contributed by atoms with E-state index in [1.54, 1.807) is 10.9 Å².